The second kappa shape index (κ2) is 5.55. The Morgan fingerprint density at radius 2 is 2.11 bits per heavy atom. The van der Waals surface area contributed by atoms with Gasteiger partial charge in [0.25, 0.3) is 0 Å². The van der Waals surface area contributed by atoms with Crippen LogP contribution in [-0.2, 0) is 6.42 Å². The SMILES string of the molecule is CNCCc1cnn(-c2ccc(Cl)cc2C)c1C. The molecule has 0 radical (unpaired) electrons. The molecule has 2 rings (SSSR count). The van der Waals surface area contributed by atoms with E-state index in [1.165, 1.54) is 11.3 Å². The molecule has 0 saturated heterocycles. The van der Waals surface area contributed by atoms with Crippen LogP contribution in [0.4, 0.5) is 0 Å². The van der Waals surface area contributed by atoms with Crippen molar-refractivity contribution in [3.05, 3.63) is 46.2 Å². The maximum absolute atomic E-state index is 5.98. The van der Waals surface area contributed by atoms with Gasteiger partial charge in [-0.05, 0) is 63.2 Å². The van der Waals surface area contributed by atoms with E-state index in [-0.39, 0.29) is 0 Å². The Morgan fingerprint density at radius 3 is 2.78 bits per heavy atom. The Labute approximate surface area is 113 Å². The standard InChI is InChI=1S/C14H18ClN3/c1-10-8-13(15)4-5-14(10)18-11(2)12(9-17-18)6-7-16-3/h4-5,8-9,16H,6-7H2,1-3H3. The summed E-state index contributed by atoms with van der Waals surface area (Å²) >= 11 is 5.98. The molecule has 0 aliphatic rings. The van der Waals surface area contributed by atoms with Gasteiger partial charge in [0.2, 0.25) is 0 Å². The molecule has 1 heterocycles. The molecular formula is C14H18ClN3. The van der Waals surface area contributed by atoms with Crippen LogP contribution in [0.5, 0.6) is 0 Å². The van der Waals surface area contributed by atoms with Crippen LogP contribution < -0.4 is 5.32 Å². The summed E-state index contributed by atoms with van der Waals surface area (Å²) in [7, 11) is 1.96. The van der Waals surface area contributed by atoms with Gasteiger partial charge in [-0.25, -0.2) is 4.68 Å². The molecule has 1 aromatic heterocycles. The zero-order chi connectivity index (χ0) is 13.1. The van der Waals surface area contributed by atoms with Crippen LogP contribution in [-0.4, -0.2) is 23.4 Å². The third-order valence-electron chi connectivity index (χ3n) is 3.14. The summed E-state index contributed by atoms with van der Waals surface area (Å²) in [4.78, 5) is 0. The number of likely N-dealkylation sites (N-methyl/N-ethyl adjacent to an activating group) is 1. The number of hydrogen-bond donors (Lipinski definition) is 1. The van der Waals surface area contributed by atoms with Crippen LogP contribution in [0.25, 0.3) is 5.69 Å². The number of halogens is 1. The van der Waals surface area contributed by atoms with Crippen molar-refractivity contribution in [2.75, 3.05) is 13.6 Å². The van der Waals surface area contributed by atoms with Gasteiger partial charge < -0.3 is 5.32 Å². The van der Waals surface area contributed by atoms with Crippen LogP contribution in [0.3, 0.4) is 0 Å². The van der Waals surface area contributed by atoms with Gasteiger partial charge in [-0.15, -0.1) is 0 Å². The summed E-state index contributed by atoms with van der Waals surface area (Å²) in [5.74, 6) is 0. The lowest BCUT2D eigenvalue weighted by Gasteiger charge is -2.09. The second-order valence-corrected chi connectivity index (χ2v) is 4.89. The average molecular weight is 264 g/mol. The van der Waals surface area contributed by atoms with Gasteiger partial charge >= 0.3 is 0 Å². The minimum Gasteiger partial charge on any atom is -0.319 e. The van der Waals surface area contributed by atoms with E-state index in [0.717, 1.165) is 29.2 Å². The molecule has 2 aromatic rings. The predicted molar refractivity (Wildman–Crippen MR) is 75.7 cm³/mol. The summed E-state index contributed by atoms with van der Waals surface area (Å²) in [6.07, 6.45) is 2.94. The minimum absolute atomic E-state index is 0.761. The van der Waals surface area contributed by atoms with Gasteiger partial charge in [0.05, 0.1) is 11.9 Å². The van der Waals surface area contributed by atoms with Gasteiger partial charge in [-0.1, -0.05) is 11.6 Å². The molecule has 1 N–H and O–H groups in total. The zero-order valence-corrected chi connectivity index (χ0v) is 11.8. The molecule has 0 aliphatic carbocycles. The van der Waals surface area contributed by atoms with Gasteiger partial charge in [0, 0.05) is 10.7 Å². The number of rotatable bonds is 4. The van der Waals surface area contributed by atoms with Crippen LogP contribution >= 0.6 is 11.6 Å². The molecular weight excluding hydrogens is 246 g/mol. The molecule has 0 saturated carbocycles. The number of nitrogens with one attached hydrogen (secondary N) is 1. The normalized spacial score (nSPS) is 10.9. The smallest absolute Gasteiger partial charge is 0.0678 e. The Morgan fingerprint density at radius 1 is 1.33 bits per heavy atom. The van der Waals surface area contributed by atoms with Crippen LogP contribution in [0.1, 0.15) is 16.8 Å². The Bertz CT molecular complexity index is 546. The molecule has 0 bridgehead atoms. The van der Waals surface area contributed by atoms with Gasteiger partial charge in [0.15, 0.2) is 0 Å². The monoisotopic (exact) mass is 263 g/mol. The lowest BCUT2D eigenvalue weighted by atomic mass is 10.1. The highest BCUT2D eigenvalue weighted by Crippen LogP contribution is 2.21. The number of aromatic nitrogens is 2. The van der Waals surface area contributed by atoms with Crippen LogP contribution in [0.2, 0.25) is 5.02 Å². The highest BCUT2D eigenvalue weighted by Gasteiger charge is 2.09. The largest absolute Gasteiger partial charge is 0.319 e. The van der Waals surface area contributed by atoms with E-state index >= 15 is 0 Å². The van der Waals surface area contributed by atoms with Crippen molar-refractivity contribution in [2.45, 2.75) is 20.3 Å². The van der Waals surface area contributed by atoms with Gasteiger partial charge in [0.1, 0.15) is 0 Å². The third-order valence-corrected chi connectivity index (χ3v) is 3.38. The molecule has 0 aliphatic heterocycles. The predicted octanol–water partition coefficient (Wildman–Crippen LogP) is 2.90. The molecule has 0 spiro atoms. The van der Waals surface area contributed by atoms with Crippen molar-refractivity contribution in [3.8, 4) is 5.69 Å². The Balaban J connectivity index is 2.36. The molecule has 0 fully saturated rings. The third kappa shape index (κ3) is 2.57. The topological polar surface area (TPSA) is 29.9 Å². The summed E-state index contributed by atoms with van der Waals surface area (Å²) in [5, 5.41) is 8.39. The lowest BCUT2D eigenvalue weighted by molar-refractivity contribution is 0.784. The fraction of sp³-hybridized carbons (Fsp3) is 0.357. The molecule has 3 nitrogen and oxygen atoms in total. The summed E-state index contributed by atoms with van der Waals surface area (Å²) in [6, 6.07) is 5.88. The zero-order valence-electron chi connectivity index (χ0n) is 11.0. The van der Waals surface area contributed by atoms with E-state index in [0.29, 0.717) is 0 Å². The highest BCUT2D eigenvalue weighted by molar-refractivity contribution is 6.30. The second-order valence-electron chi connectivity index (χ2n) is 4.45. The maximum Gasteiger partial charge on any atom is 0.0678 e. The summed E-state index contributed by atoms with van der Waals surface area (Å²) < 4.78 is 1.98. The fourth-order valence-electron chi connectivity index (χ4n) is 2.05. The summed E-state index contributed by atoms with van der Waals surface area (Å²) in [5.41, 5.74) is 4.69. The van der Waals surface area contributed by atoms with E-state index < -0.39 is 0 Å². The first-order valence-corrected chi connectivity index (χ1v) is 6.46. The Hall–Kier alpha value is -1.32. The van der Waals surface area contributed by atoms with Crippen molar-refractivity contribution in [2.24, 2.45) is 0 Å². The molecule has 4 heteroatoms. The van der Waals surface area contributed by atoms with E-state index in [4.69, 9.17) is 11.6 Å². The molecule has 0 atom stereocenters. The molecule has 0 unspecified atom stereocenters. The van der Waals surface area contributed by atoms with Crippen molar-refractivity contribution in [3.63, 3.8) is 0 Å². The first kappa shape index (κ1) is 13.1. The molecule has 1 aromatic carbocycles. The van der Waals surface area contributed by atoms with Gasteiger partial charge in [-0.2, -0.15) is 5.10 Å². The molecule has 96 valence electrons. The quantitative estimate of drug-likeness (QED) is 0.919. The van der Waals surface area contributed by atoms with E-state index in [1.807, 2.05) is 36.1 Å². The highest BCUT2D eigenvalue weighted by atomic mass is 35.5. The molecule has 18 heavy (non-hydrogen) atoms. The van der Waals surface area contributed by atoms with E-state index in [9.17, 15) is 0 Å². The number of aryl methyl sites for hydroxylation is 1. The van der Waals surface area contributed by atoms with Crippen molar-refractivity contribution >= 4 is 11.6 Å². The van der Waals surface area contributed by atoms with E-state index in [2.05, 4.69) is 24.3 Å². The minimum atomic E-state index is 0.761. The lowest BCUT2D eigenvalue weighted by Crippen LogP contribution is -2.11. The van der Waals surface area contributed by atoms with Crippen molar-refractivity contribution in [1.29, 1.82) is 0 Å². The number of hydrogen-bond acceptors (Lipinski definition) is 2. The first-order chi connectivity index (χ1) is 8.63. The van der Waals surface area contributed by atoms with E-state index in [1.54, 1.807) is 0 Å². The Kier molecular flexibility index (Phi) is 4.04. The van der Waals surface area contributed by atoms with Gasteiger partial charge in [-0.3, -0.25) is 0 Å². The van der Waals surface area contributed by atoms with Crippen molar-refractivity contribution < 1.29 is 0 Å². The maximum atomic E-state index is 5.98. The van der Waals surface area contributed by atoms with Crippen LogP contribution in [0.15, 0.2) is 24.4 Å². The fourth-order valence-corrected chi connectivity index (χ4v) is 2.27. The molecule has 0 amide bonds. The first-order valence-electron chi connectivity index (χ1n) is 6.08. The van der Waals surface area contributed by atoms with Crippen LogP contribution in [0, 0.1) is 13.8 Å². The number of nitrogens with zero attached hydrogens (tertiary/aromatic N) is 2. The average Bonchev–Trinajstić information content (AvgIpc) is 2.68. The van der Waals surface area contributed by atoms with Crippen molar-refractivity contribution in [1.82, 2.24) is 15.1 Å². The summed E-state index contributed by atoms with van der Waals surface area (Å²) in [6.45, 7) is 5.12. The number of benzene rings is 1.